The molecule has 0 spiro atoms. The highest BCUT2D eigenvalue weighted by atomic mass is 35.5. The molecule has 1 saturated heterocycles. The van der Waals surface area contributed by atoms with Gasteiger partial charge in [-0.1, -0.05) is 36.6 Å². The fraction of sp³-hybridized carbons (Fsp3) is 0.625. The van der Waals surface area contributed by atoms with Crippen LogP contribution in [0.25, 0.3) is 10.9 Å². The molecule has 2 aromatic rings. The van der Waals surface area contributed by atoms with Crippen molar-refractivity contribution in [2.75, 3.05) is 6.54 Å². The second-order valence-corrected chi connectivity index (χ2v) is 19.0. The maximum atomic E-state index is 14.6. The third kappa shape index (κ3) is 9.39. The Morgan fingerprint density at radius 3 is 2.58 bits per heavy atom. The Balaban J connectivity index is 1.34. The van der Waals surface area contributed by atoms with Crippen LogP contribution in [0.3, 0.4) is 0 Å². The van der Waals surface area contributed by atoms with Gasteiger partial charge in [0, 0.05) is 28.8 Å². The summed E-state index contributed by atoms with van der Waals surface area (Å²) in [6, 6.07) is 3.24. The number of hydrogen-bond donors (Lipinski definition) is 3. The lowest BCUT2D eigenvalue weighted by molar-refractivity contribution is -0.141. The van der Waals surface area contributed by atoms with Gasteiger partial charge in [0.25, 0.3) is 5.91 Å². The minimum atomic E-state index is -1.61. The molecule has 300 valence electrons. The number of rotatable bonds is 8. The highest BCUT2D eigenvalue weighted by molar-refractivity contribution is 7.85. The molecule has 4 aliphatic rings. The fourth-order valence-corrected chi connectivity index (χ4v) is 8.43. The van der Waals surface area contributed by atoms with Gasteiger partial charge in [-0.2, -0.15) is 0 Å². The minimum Gasteiger partial charge on any atom is -0.488 e. The van der Waals surface area contributed by atoms with Crippen LogP contribution in [0.5, 0.6) is 11.6 Å². The van der Waals surface area contributed by atoms with Crippen LogP contribution < -0.4 is 24.8 Å². The Bertz CT molecular complexity index is 1890. The smallest absolute Gasteiger partial charge is 0.408 e. The molecule has 1 aromatic carbocycles. The van der Waals surface area contributed by atoms with E-state index >= 15 is 0 Å². The molecule has 1 unspecified atom stereocenters. The standard InChI is InChI=1S/C40H54ClN5O8S/c1-23(2)52-32-20-31(27-15-16-28(41)24(3)33(27)43-32)53-26-19-30-34(47)44-40(36(49)45-55(51)39(7)17-18-39)21-25(40)13-11-9-8-10-12-14-29(35(48)46(30)22-26)42-37(50)54-38(4,5)6/h11,13,15-16,20,23,25-26,29-30H,8-10,12,14,17-19,21-22H2,1-7H3,(H,42,50)(H,44,47)(H,45,49)/b13-11-/t25-,26-,29+,30+,40-,55?/m1/s1. The Labute approximate surface area is 330 Å². The number of carbonyl (C=O) groups is 4. The maximum absolute atomic E-state index is 14.6. The lowest BCUT2D eigenvalue weighted by Crippen LogP contribution is -2.58. The third-order valence-electron chi connectivity index (χ3n) is 10.7. The van der Waals surface area contributed by atoms with E-state index < -0.39 is 68.9 Å². The van der Waals surface area contributed by atoms with Gasteiger partial charge in [0.05, 0.1) is 22.9 Å². The summed E-state index contributed by atoms with van der Waals surface area (Å²) in [5.74, 6) is -1.01. The van der Waals surface area contributed by atoms with Crippen molar-refractivity contribution >= 4 is 57.3 Å². The van der Waals surface area contributed by atoms with Gasteiger partial charge in [-0.05, 0) is 105 Å². The molecule has 0 radical (unpaired) electrons. The largest absolute Gasteiger partial charge is 0.488 e. The number of allylic oxidation sites excluding steroid dienone is 1. The van der Waals surface area contributed by atoms with Crippen LogP contribution in [-0.2, 0) is 30.1 Å². The van der Waals surface area contributed by atoms with Gasteiger partial charge in [0.2, 0.25) is 17.7 Å². The first kappa shape index (κ1) is 40.7. The van der Waals surface area contributed by atoms with Gasteiger partial charge in [-0.15, -0.1) is 0 Å². The number of halogens is 1. The van der Waals surface area contributed by atoms with Crippen LogP contribution in [0.4, 0.5) is 4.79 Å². The molecule has 2 saturated carbocycles. The van der Waals surface area contributed by atoms with E-state index in [0.29, 0.717) is 46.8 Å². The molecular weight excluding hydrogens is 746 g/mol. The average molecular weight is 800 g/mol. The van der Waals surface area contributed by atoms with Crippen molar-refractivity contribution in [1.82, 2.24) is 25.2 Å². The van der Waals surface area contributed by atoms with Crippen molar-refractivity contribution in [3.8, 4) is 11.6 Å². The molecule has 55 heavy (non-hydrogen) atoms. The lowest BCUT2D eigenvalue weighted by atomic mass is 10.0. The monoisotopic (exact) mass is 799 g/mol. The van der Waals surface area contributed by atoms with Crippen LogP contribution >= 0.6 is 11.6 Å². The predicted octanol–water partition coefficient (Wildman–Crippen LogP) is 5.95. The number of benzene rings is 1. The summed E-state index contributed by atoms with van der Waals surface area (Å²) in [6.07, 6.45) is 7.67. The molecule has 1 aromatic heterocycles. The van der Waals surface area contributed by atoms with Gasteiger partial charge in [-0.25, -0.2) is 14.0 Å². The van der Waals surface area contributed by atoms with E-state index in [-0.39, 0.29) is 25.0 Å². The highest BCUT2D eigenvalue weighted by Gasteiger charge is 2.62. The van der Waals surface area contributed by atoms with E-state index in [1.165, 1.54) is 4.90 Å². The van der Waals surface area contributed by atoms with E-state index in [0.717, 1.165) is 37.7 Å². The zero-order valence-corrected chi connectivity index (χ0v) is 34.4. The number of amides is 4. The van der Waals surface area contributed by atoms with Crippen molar-refractivity contribution in [2.45, 2.75) is 146 Å². The van der Waals surface area contributed by atoms with Crippen LogP contribution in [0.1, 0.15) is 105 Å². The molecule has 3 N–H and O–H groups in total. The van der Waals surface area contributed by atoms with E-state index in [9.17, 15) is 23.4 Å². The summed E-state index contributed by atoms with van der Waals surface area (Å²) in [5.41, 5.74) is -0.769. The van der Waals surface area contributed by atoms with Gasteiger partial charge < -0.3 is 29.7 Å². The molecule has 3 heterocycles. The topological polar surface area (TPSA) is 165 Å². The number of carbonyl (C=O) groups excluding carboxylic acids is 4. The summed E-state index contributed by atoms with van der Waals surface area (Å²) in [6.45, 7) is 12.8. The number of nitrogens with one attached hydrogen (secondary N) is 3. The van der Waals surface area contributed by atoms with Crippen LogP contribution in [-0.4, -0.2) is 84.6 Å². The molecule has 2 aliphatic heterocycles. The molecule has 15 heteroatoms. The Morgan fingerprint density at radius 2 is 1.89 bits per heavy atom. The fourth-order valence-electron chi connectivity index (χ4n) is 7.20. The number of alkyl carbamates (subject to hydrolysis) is 1. The number of fused-ring (bicyclic) bond motifs is 3. The van der Waals surface area contributed by atoms with Crippen LogP contribution in [0, 0.1) is 12.8 Å². The second-order valence-electron chi connectivity index (χ2n) is 16.9. The third-order valence-corrected chi connectivity index (χ3v) is 12.8. The summed E-state index contributed by atoms with van der Waals surface area (Å²) in [5, 5.41) is 7.01. The number of ether oxygens (including phenoxy) is 3. The van der Waals surface area contributed by atoms with Crippen molar-refractivity contribution in [3.05, 3.63) is 40.9 Å². The molecule has 6 rings (SSSR count). The van der Waals surface area contributed by atoms with Crippen molar-refractivity contribution in [1.29, 1.82) is 0 Å². The first-order chi connectivity index (χ1) is 25.9. The summed E-state index contributed by atoms with van der Waals surface area (Å²) in [4.78, 5) is 62.2. The summed E-state index contributed by atoms with van der Waals surface area (Å²) in [7, 11) is -1.61. The average Bonchev–Trinajstić information content (AvgIpc) is 3.97. The Hall–Kier alpha value is -3.91. The predicted molar refractivity (Wildman–Crippen MR) is 210 cm³/mol. The van der Waals surface area contributed by atoms with Crippen molar-refractivity contribution in [3.63, 3.8) is 0 Å². The molecule has 2 aliphatic carbocycles. The van der Waals surface area contributed by atoms with E-state index in [1.54, 1.807) is 32.9 Å². The highest BCUT2D eigenvalue weighted by Crippen LogP contribution is 2.47. The molecule has 13 nitrogen and oxygen atoms in total. The molecular formula is C40H54ClN5O8S. The van der Waals surface area contributed by atoms with Gasteiger partial charge in [0.15, 0.2) is 0 Å². The molecule has 6 atom stereocenters. The number of hydrogen-bond acceptors (Lipinski definition) is 9. The van der Waals surface area contributed by atoms with Gasteiger partial charge >= 0.3 is 6.09 Å². The normalized spacial score (nSPS) is 27.8. The molecule has 0 bridgehead atoms. The summed E-state index contributed by atoms with van der Waals surface area (Å²) < 4.78 is 33.5. The number of aryl methyl sites for hydroxylation is 1. The lowest BCUT2D eigenvalue weighted by Gasteiger charge is -2.30. The first-order valence-corrected chi connectivity index (χ1v) is 20.9. The van der Waals surface area contributed by atoms with E-state index in [2.05, 4.69) is 15.4 Å². The number of nitrogens with zero attached hydrogens (tertiary/aromatic N) is 2. The van der Waals surface area contributed by atoms with Crippen molar-refractivity contribution < 1.29 is 37.6 Å². The molecule has 3 fully saturated rings. The van der Waals surface area contributed by atoms with Crippen LogP contribution in [0.15, 0.2) is 30.4 Å². The SMILES string of the molecule is Cc1c(Cl)ccc2c(O[C@@H]3C[C@H]4C(=O)N[C@]5(C(=O)NS(=O)C6(C)CC6)C[C@H]5/C=C\CCCCC[C@H](NC(=O)OC(C)(C)C)C(=O)N4C3)cc(OC(C)C)nc12. The van der Waals surface area contributed by atoms with Crippen molar-refractivity contribution in [2.24, 2.45) is 5.92 Å². The maximum Gasteiger partial charge on any atom is 0.408 e. The molecule has 4 amide bonds. The summed E-state index contributed by atoms with van der Waals surface area (Å²) >= 11 is 6.48. The second kappa shape index (κ2) is 15.9. The Kier molecular flexibility index (Phi) is 11.8. The zero-order chi connectivity index (χ0) is 39.9. The van der Waals surface area contributed by atoms with Crippen LogP contribution in [0.2, 0.25) is 5.02 Å². The van der Waals surface area contributed by atoms with E-state index in [1.807, 2.05) is 45.9 Å². The number of aromatic nitrogens is 1. The zero-order valence-electron chi connectivity index (χ0n) is 32.8. The van der Waals surface area contributed by atoms with E-state index in [4.69, 9.17) is 30.8 Å². The van der Waals surface area contributed by atoms with Gasteiger partial charge in [-0.3, -0.25) is 19.1 Å². The Morgan fingerprint density at radius 1 is 1.15 bits per heavy atom. The minimum absolute atomic E-state index is 0.0189. The number of pyridine rings is 1. The van der Waals surface area contributed by atoms with Gasteiger partial charge in [0.1, 0.15) is 46.1 Å². The first-order valence-electron chi connectivity index (χ1n) is 19.3. The quantitative estimate of drug-likeness (QED) is 0.274.